The molecule has 0 saturated carbocycles. The lowest BCUT2D eigenvalue weighted by atomic mass is 11.4. The van der Waals surface area contributed by atoms with E-state index < -0.39 is 24.7 Å². The third kappa shape index (κ3) is 8.29. The van der Waals surface area contributed by atoms with Crippen LogP contribution >= 0.6 is 11.6 Å². The molecule has 0 amide bonds. The predicted octanol–water partition coefficient (Wildman–Crippen LogP) is 3.61. The Morgan fingerprint density at radius 1 is 0.933 bits per heavy atom. The van der Waals surface area contributed by atoms with E-state index >= 15 is 0 Å². The van der Waals surface area contributed by atoms with Gasteiger partial charge in [0.2, 0.25) is 0 Å². The zero-order chi connectivity index (χ0) is 12.3. The lowest BCUT2D eigenvalue weighted by Gasteiger charge is -2.28. The Balaban J connectivity index is 4.78. The lowest BCUT2D eigenvalue weighted by molar-refractivity contribution is 0.566. The van der Waals surface area contributed by atoms with Gasteiger partial charge in [0.15, 0.2) is 8.32 Å². The molecule has 0 bridgehead atoms. The number of hydrogen-bond donors (Lipinski definition) is 0. The van der Waals surface area contributed by atoms with Crippen molar-refractivity contribution >= 4 is 36.3 Å². The minimum Gasteiger partial charge on any atom is -0.446 e. The number of rotatable bonds is 3. The molecule has 15 heavy (non-hydrogen) atoms. The molecule has 0 aromatic carbocycles. The zero-order valence-electron chi connectivity index (χ0n) is 11.0. The van der Waals surface area contributed by atoms with Crippen LogP contribution in [0.2, 0.25) is 45.8 Å². The van der Waals surface area contributed by atoms with Gasteiger partial charge < -0.3 is 4.12 Å². The molecule has 0 rings (SSSR count). The van der Waals surface area contributed by atoms with E-state index in [0.29, 0.717) is 5.50 Å². The summed E-state index contributed by atoms with van der Waals surface area (Å²) in [6.07, 6.45) is 0. The van der Waals surface area contributed by atoms with Gasteiger partial charge in [0.1, 0.15) is 8.07 Å². The van der Waals surface area contributed by atoms with E-state index in [9.17, 15) is 0 Å². The van der Waals surface area contributed by atoms with E-state index in [2.05, 4.69) is 56.9 Å². The quantitative estimate of drug-likeness (QED) is 0.435. The number of alkyl halides is 1. The van der Waals surface area contributed by atoms with Crippen molar-refractivity contribution in [1.29, 1.82) is 0 Å². The standard InChI is InChI=1S/C10H23ClOSi3/c1-13(2,3)8-9-15(7,10-11)12-14(4,5)6/h10H2,1-7H3. The summed E-state index contributed by atoms with van der Waals surface area (Å²) in [6.45, 7) is 15.5. The minimum absolute atomic E-state index is 0.578. The normalized spacial score (nSPS) is 16.5. The van der Waals surface area contributed by atoms with Crippen molar-refractivity contribution in [1.82, 2.24) is 0 Å². The Bertz CT molecular complexity index is 269. The SMILES string of the molecule is C[Si](C)(C)C#C[Si](C)(CCl)O[Si](C)(C)C. The Morgan fingerprint density at radius 3 is 1.67 bits per heavy atom. The Morgan fingerprint density at radius 2 is 1.40 bits per heavy atom. The highest BCUT2D eigenvalue weighted by Crippen LogP contribution is 2.15. The van der Waals surface area contributed by atoms with Gasteiger partial charge in [-0.25, -0.2) is 0 Å². The maximum absolute atomic E-state index is 6.16. The second-order valence-electron chi connectivity index (χ2n) is 6.08. The van der Waals surface area contributed by atoms with Crippen LogP contribution in [0.25, 0.3) is 0 Å². The molecule has 0 heterocycles. The van der Waals surface area contributed by atoms with Crippen LogP contribution in [-0.4, -0.2) is 30.2 Å². The first-order valence-electron chi connectivity index (χ1n) is 5.28. The molecule has 0 fully saturated rings. The van der Waals surface area contributed by atoms with Gasteiger partial charge in [-0.2, -0.15) is 0 Å². The molecule has 0 N–H and O–H groups in total. The fourth-order valence-corrected chi connectivity index (χ4v) is 10.2. The highest BCUT2D eigenvalue weighted by atomic mass is 35.5. The van der Waals surface area contributed by atoms with Gasteiger partial charge in [-0.05, 0) is 26.2 Å². The highest BCUT2D eigenvalue weighted by Gasteiger charge is 2.32. The van der Waals surface area contributed by atoms with Gasteiger partial charge in [0.05, 0.1) is 5.50 Å². The van der Waals surface area contributed by atoms with Crippen LogP contribution in [0.3, 0.4) is 0 Å². The van der Waals surface area contributed by atoms with Gasteiger partial charge in [0, 0.05) is 0 Å². The van der Waals surface area contributed by atoms with Crippen molar-refractivity contribution < 1.29 is 4.12 Å². The molecule has 0 aliphatic carbocycles. The van der Waals surface area contributed by atoms with E-state index in [1.54, 1.807) is 0 Å². The molecule has 1 nitrogen and oxygen atoms in total. The fraction of sp³-hybridized carbons (Fsp3) is 0.800. The molecule has 0 radical (unpaired) electrons. The van der Waals surface area contributed by atoms with Crippen molar-refractivity contribution in [3.8, 4) is 11.1 Å². The van der Waals surface area contributed by atoms with Crippen LogP contribution < -0.4 is 0 Å². The van der Waals surface area contributed by atoms with E-state index in [1.165, 1.54) is 0 Å². The van der Waals surface area contributed by atoms with Crippen LogP contribution in [0.5, 0.6) is 0 Å². The first kappa shape index (κ1) is 15.5. The van der Waals surface area contributed by atoms with E-state index in [0.717, 1.165) is 0 Å². The van der Waals surface area contributed by atoms with Gasteiger partial charge in [-0.1, -0.05) is 19.6 Å². The lowest BCUT2D eigenvalue weighted by Crippen LogP contribution is -2.46. The van der Waals surface area contributed by atoms with E-state index in [4.69, 9.17) is 15.7 Å². The van der Waals surface area contributed by atoms with Crippen molar-refractivity contribution in [3.63, 3.8) is 0 Å². The fourth-order valence-electron chi connectivity index (χ4n) is 1.08. The first-order chi connectivity index (χ1) is 6.47. The van der Waals surface area contributed by atoms with Crippen LogP contribution in [0, 0.1) is 11.1 Å². The molecule has 0 aliphatic rings. The number of hydrogen-bond acceptors (Lipinski definition) is 1. The van der Waals surface area contributed by atoms with E-state index in [-0.39, 0.29) is 0 Å². The second-order valence-corrected chi connectivity index (χ2v) is 19.7. The Labute approximate surface area is 103 Å². The Hall–Kier alpha value is 0.461. The summed E-state index contributed by atoms with van der Waals surface area (Å²) >= 11 is 6.02. The number of halogens is 1. The molecule has 88 valence electrons. The van der Waals surface area contributed by atoms with Crippen molar-refractivity contribution in [2.45, 2.75) is 45.8 Å². The van der Waals surface area contributed by atoms with Gasteiger partial charge in [-0.3, -0.25) is 0 Å². The maximum Gasteiger partial charge on any atom is 0.272 e. The second kappa shape index (κ2) is 5.19. The molecular formula is C10H23ClOSi3. The third-order valence-corrected chi connectivity index (χ3v) is 9.56. The summed E-state index contributed by atoms with van der Waals surface area (Å²) in [5.74, 6) is 0. The summed E-state index contributed by atoms with van der Waals surface area (Å²) in [5, 5.41) is 0. The van der Waals surface area contributed by atoms with Gasteiger partial charge >= 0.3 is 0 Å². The summed E-state index contributed by atoms with van der Waals surface area (Å²) in [5.41, 5.74) is 7.35. The largest absolute Gasteiger partial charge is 0.446 e. The molecule has 0 aromatic heterocycles. The topological polar surface area (TPSA) is 9.23 Å². The third-order valence-electron chi connectivity index (χ3n) is 1.49. The predicted molar refractivity (Wildman–Crippen MR) is 77.9 cm³/mol. The van der Waals surface area contributed by atoms with Crippen molar-refractivity contribution in [2.75, 3.05) is 5.50 Å². The molecule has 1 atom stereocenters. The maximum atomic E-state index is 6.16. The molecule has 1 unspecified atom stereocenters. The molecular weight excluding hydrogens is 256 g/mol. The molecule has 0 saturated heterocycles. The average molecular weight is 279 g/mol. The average Bonchev–Trinajstić information content (AvgIpc) is 1.97. The Kier molecular flexibility index (Phi) is 5.35. The smallest absolute Gasteiger partial charge is 0.272 e. The molecule has 0 aromatic rings. The first-order valence-corrected chi connectivity index (χ1v) is 15.3. The summed E-state index contributed by atoms with van der Waals surface area (Å²) in [4.78, 5) is 0. The van der Waals surface area contributed by atoms with E-state index in [1.807, 2.05) is 0 Å². The molecule has 0 aliphatic heterocycles. The van der Waals surface area contributed by atoms with Crippen LogP contribution in [-0.2, 0) is 4.12 Å². The summed E-state index contributed by atoms with van der Waals surface area (Å²) in [6, 6.07) is 0. The van der Waals surface area contributed by atoms with Crippen molar-refractivity contribution in [2.24, 2.45) is 0 Å². The van der Waals surface area contributed by atoms with Gasteiger partial charge in [-0.15, -0.1) is 22.7 Å². The van der Waals surface area contributed by atoms with Crippen LogP contribution in [0.4, 0.5) is 0 Å². The monoisotopic (exact) mass is 278 g/mol. The molecule has 0 spiro atoms. The summed E-state index contributed by atoms with van der Waals surface area (Å²) < 4.78 is 6.16. The zero-order valence-corrected chi connectivity index (χ0v) is 14.7. The molecule has 5 heteroatoms. The highest BCUT2D eigenvalue weighted by molar-refractivity contribution is 6.94. The van der Waals surface area contributed by atoms with Crippen LogP contribution in [0.1, 0.15) is 0 Å². The van der Waals surface area contributed by atoms with Crippen molar-refractivity contribution in [3.05, 3.63) is 0 Å². The minimum atomic E-state index is -1.97. The summed E-state index contributed by atoms with van der Waals surface area (Å²) in [7, 11) is -4.80. The van der Waals surface area contributed by atoms with Crippen LogP contribution in [0.15, 0.2) is 0 Å². The van der Waals surface area contributed by atoms with Gasteiger partial charge in [0.25, 0.3) is 8.32 Å².